The van der Waals surface area contributed by atoms with Crippen LogP contribution in [0.3, 0.4) is 0 Å². The van der Waals surface area contributed by atoms with Crippen LogP contribution in [0.25, 0.3) is 0 Å². The van der Waals surface area contributed by atoms with E-state index in [0.717, 1.165) is 53.8 Å². The minimum Gasteiger partial charge on any atom is -0.502 e. The van der Waals surface area contributed by atoms with Crippen LogP contribution >= 0.6 is 15.9 Å². The molecule has 0 heterocycles. The van der Waals surface area contributed by atoms with Crippen molar-refractivity contribution in [2.45, 2.75) is 51.7 Å². The van der Waals surface area contributed by atoms with Gasteiger partial charge in [0.05, 0.1) is 12.9 Å². The second-order valence-electron chi connectivity index (χ2n) is 8.25. The lowest BCUT2D eigenvalue weighted by molar-refractivity contribution is 0.240. The maximum absolute atomic E-state index is 6.10. The molecule has 0 unspecified atom stereocenters. The summed E-state index contributed by atoms with van der Waals surface area (Å²) in [4.78, 5) is 0. The van der Waals surface area contributed by atoms with E-state index in [-0.39, 0.29) is 0 Å². The van der Waals surface area contributed by atoms with Crippen molar-refractivity contribution in [1.29, 1.82) is 0 Å². The molecule has 3 aromatic rings. The molecule has 0 aliphatic carbocycles. The Labute approximate surface area is 212 Å². The molecule has 3 nitrogen and oxygen atoms in total. The lowest BCUT2D eigenvalue weighted by Gasteiger charge is -2.13. The number of hydrogen-bond donors (Lipinski definition) is 0. The summed E-state index contributed by atoms with van der Waals surface area (Å²) in [5, 5.41) is 1.09. The lowest BCUT2D eigenvalue weighted by Crippen LogP contribution is -1.99. The zero-order valence-corrected chi connectivity index (χ0v) is 21.4. The van der Waals surface area contributed by atoms with Crippen molar-refractivity contribution in [2.24, 2.45) is 0 Å². The average molecular weight is 524 g/mol. The molecule has 0 atom stereocenters. The molecule has 3 aromatic carbocycles. The third-order valence-electron chi connectivity index (χ3n) is 5.37. The van der Waals surface area contributed by atoms with Gasteiger partial charge in [0.15, 0.2) is 0 Å². The molecule has 4 heteroatoms. The largest absolute Gasteiger partial charge is 0.502 e. The molecular formula is C30H35BrO3. The van der Waals surface area contributed by atoms with Crippen LogP contribution < -0.4 is 9.47 Å². The van der Waals surface area contributed by atoms with Crippen LogP contribution in [0.4, 0.5) is 0 Å². The number of allylic oxidation sites excluding steroid dienone is 1. The average Bonchev–Trinajstić information content (AvgIpc) is 2.88. The lowest BCUT2D eigenvalue weighted by atomic mass is 10.1. The third kappa shape index (κ3) is 10.5. The summed E-state index contributed by atoms with van der Waals surface area (Å²) in [7, 11) is 0. The molecule has 0 fully saturated rings. The Bertz CT molecular complexity index is 896. The van der Waals surface area contributed by atoms with Gasteiger partial charge < -0.3 is 14.2 Å². The molecule has 0 aromatic heterocycles. The van der Waals surface area contributed by atoms with Gasteiger partial charge in [-0.25, -0.2) is 0 Å². The molecular weight excluding hydrogens is 488 g/mol. The van der Waals surface area contributed by atoms with E-state index in [1.807, 2.05) is 48.7 Å². The van der Waals surface area contributed by atoms with Crippen LogP contribution in [0.1, 0.15) is 48.8 Å². The summed E-state index contributed by atoms with van der Waals surface area (Å²) in [5.41, 5.74) is 3.48. The molecule has 0 aliphatic heterocycles. The summed E-state index contributed by atoms with van der Waals surface area (Å²) in [6.07, 6.45) is 10.6. The summed E-state index contributed by atoms with van der Waals surface area (Å²) < 4.78 is 17.8. The van der Waals surface area contributed by atoms with Gasteiger partial charge in [0.25, 0.3) is 0 Å². The van der Waals surface area contributed by atoms with Crippen LogP contribution in [0.2, 0.25) is 0 Å². The normalized spacial score (nSPS) is 11.0. The summed E-state index contributed by atoms with van der Waals surface area (Å²) in [6.45, 7) is 1.86. The highest BCUT2D eigenvalue weighted by atomic mass is 79.9. The zero-order chi connectivity index (χ0) is 23.7. The highest BCUT2D eigenvalue weighted by Crippen LogP contribution is 2.26. The van der Waals surface area contributed by atoms with E-state index in [4.69, 9.17) is 14.2 Å². The molecule has 0 N–H and O–H groups in total. The SMILES string of the molecule is BrCCCCCCO/C=C/CCc1cc(OCc2ccccc2)cc(OCc2ccccc2)c1. The number of ether oxygens (including phenoxy) is 3. The zero-order valence-electron chi connectivity index (χ0n) is 19.8. The van der Waals surface area contributed by atoms with E-state index in [9.17, 15) is 0 Å². The number of hydrogen-bond acceptors (Lipinski definition) is 3. The van der Waals surface area contributed by atoms with E-state index < -0.39 is 0 Å². The molecule has 0 saturated heterocycles. The molecule has 0 aliphatic rings. The standard InChI is InChI=1S/C30H35BrO3/c31-18-10-1-2-11-19-32-20-12-9-17-28-21-29(33-24-26-13-5-3-6-14-26)23-30(22-28)34-25-27-15-7-4-8-16-27/h3-8,12-16,20-23H,1-2,9-11,17-19,24-25H2/b20-12+. The van der Waals surface area contributed by atoms with Gasteiger partial charge >= 0.3 is 0 Å². The second kappa shape index (κ2) is 16.0. The monoisotopic (exact) mass is 522 g/mol. The molecule has 3 rings (SSSR count). The Balaban J connectivity index is 1.52. The number of aryl methyl sites for hydroxylation is 1. The van der Waals surface area contributed by atoms with Crippen LogP contribution in [-0.4, -0.2) is 11.9 Å². The van der Waals surface area contributed by atoms with Gasteiger partial charge in [-0.05, 0) is 60.6 Å². The predicted octanol–water partition coefficient (Wildman–Crippen LogP) is 8.26. The number of alkyl halides is 1. The van der Waals surface area contributed by atoms with Crippen molar-refractivity contribution >= 4 is 15.9 Å². The fourth-order valence-corrected chi connectivity index (χ4v) is 3.91. The maximum atomic E-state index is 6.10. The van der Waals surface area contributed by atoms with Crippen LogP contribution in [0, 0.1) is 0 Å². The first-order valence-electron chi connectivity index (χ1n) is 12.1. The van der Waals surface area contributed by atoms with Gasteiger partial charge in [0.2, 0.25) is 0 Å². The fourth-order valence-electron chi connectivity index (χ4n) is 3.51. The van der Waals surface area contributed by atoms with Crippen LogP contribution in [0.5, 0.6) is 11.5 Å². The predicted molar refractivity (Wildman–Crippen MR) is 144 cm³/mol. The van der Waals surface area contributed by atoms with Crippen LogP contribution in [-0.2, 0) is 24.4 Å². The number of halogens is 1. The Morgan fingerprint density at radius 1 is 0.647 bits per heavy atom. The van der Waals surface area contributed by atoms with Gasteiger partial charge in [0.1, 0.15) is 24.7 Å². The van der Waals surface area contributed by atoms with Crippen molar-refractivity contribution in [3.05, 3.63) is 108 Å². The first kappa shape index (κ1) is 25.9. The van der Waals surface area contributed by atoms with Gasteiger partial charge in [-0.3, -0.25) is 0 Å². The second-order valence-corrected chi connectivity index (χ2v) is 9.04. The maximum Gasteiger partial charge on any atom is 0.123 e. The van der Waals surface area contributed by atoms with E-state index in [0.29, 0.717) is 13.2 Å². The van der Waals surface area contributed by atoms with Gasteiger partial charge in [0, 0.05) is 11.4 Å². The fraction of sp³-hybridized carbons (Fsp3) is 0.333. The van der Waals surface area contributed by atoms with Crippen LogP contribution in [0.15, 0.2) is 91.2 Å². The van der Waals surface area contributed by atoms with E-state index >= 15 is 0 Å². The highest BCUT2D eigenvalue weighted by molar-refractivity contribution is 9.09. The van der Waals surface area contributed by atoms with Crippen molar-refractivity contribution in [3.8, 4) is 11.5 Å². The summed E-state index contributed by atoms with van der Waals surface area (Å²) in [6, 6.07) is 26.6. The topological polar surface area (TPSA) is 27.7 Å². The Kier molecular flexibility index (Phi) is 12.2. The summed E-state index contributed by atoms with van der Waals surface area (Å²) >= 11 is 3.47. The van der Waals surface area contributed by atoms with Crippen molar-refractivity contribution in [3.63, 3.8) is 0 Å². The van der Waals surface area contributed by atoms with Gasteiger partial charge in [-0.15, -0.1) is 0 Å². The van der Waals surface area contributed by atoms with Crippen molar-refractivity contribution < 1.29 is 14.2 Å². The molecule has 0 saturated carbocycles. The Hall–Kier alpha value is -2.72. The van der Waals surface area contributed by atoms with Gasteiger partial charge in [-0.2, -0.15) is 0 Å². The molecule has 180 valence electrons. The molecule has 0 bridgehead atoms. The minimum absolute atomic E-state index is 0.534. The number of rotatable bonds is 16. The smallest absolute Gasteiger partial charge is 0.123 e. The number of benzene rings is 3. The molecule has 0 amide bonds. The summed E-state index contributed by atoms with van der Waals surface area (Å²) in [5.74, 6) is 1.65. The first-order chi connectivity index (χ1) is 16.8. The Morgan fingerprint density at radius 2 is 1.24 bits per heavy atom. The Morgan fingerprint density at radius 3 is 1.82 bits per heavy atom. The van der Waals surface area contributed by atoms with Gasteiger partial charge in [-0.1, -0.05) is 89.4 Å². The quantitative estimate of drug-likeness (QED) is 0.107. The highest BCUT2D eigenvalue weighted by Gasteiger charge is 2.05. The minimum atomic E-state index is 0.534. The third-order valence-corrected chi connectivity index (χ3v) is 5.94. The molecule has 0 spiro atoms. The first-order valence-corrected chi connectivity index (χ1v) is 13.3. The number of unbranched alkanes of at least 4 members (excludes halogenated alkanes) is 3. The molecule has 34 heavy (non-hydrogen) atoms. The molecule has 0 radical (unpaired) electrons. The van der Waals surface area contributed by atoms with Crippen molar-refractivity contribution in [1.82, 2.24) is 0 Å². The van der Waals surface area contributed by atoms with E-state index in [1.54, 1.807) is 0 Å². The van der Waals surface area contributed by atoms with E-state index in [2.05, 4.69) is 58.4 Å². The van der Waals surface area contributed by atoms with E-state index in [1.165, 1.54) is 24.8 Å². The van der Waals surface area contributed by atoms with Crippen molar-refractivity contribution in [2.75, 3.05) is 11.9 Å².